The number of hydrogen-bond acceptors (Lipinski definition) is 7. The molecule has 0 aliphatic carbocycles. The fraction of sp³-hybridized carbons (Fsp3) is 0.125. The molecule has 0 saturated heterocycles. The van der Waals surface area contributed by atoms with E-state index in [4.69, 9.17) is 5.73 Å². The quantitative estimate of drug-likeness (QED) is 0.846. The summed E-state index contributed by atoms with van der Waals surface area (Å²) in [6, 6.07) is 3.02. The first-order chi connectivity index (χ1) is 7.99. The molecular weight excluding hydrogens is 262 g/mol. The number of sulfonamides is 1. The van der Waals surface area contributed by atoms with Crippen LogP contribution in [0.25, 0.3) is 0 Å². The lowest BCUT2D eigenvalue weighted by Gasteiger charge is -2.05. The first-order valence-electron chi connectivity index (χ1n) is 4.52. The monoisotopic (exact) mass is 271 g/mol. The van der Waals surface area contributed by atoms with Gasteiger partial charge in [-0.3, -0.25) is 4.72 Å². The maximum absolute atomic E-state index is 11.9. The van der Waals surface area contributed by atoms with Crippen molar-refractivity contribution < 1.29 is 8.42 Å². The molecule has 0 aliphatic rings. The van der Waals surface area contributed by atoms with Gasteiger partial charge >= 0.3 is 0 Å². The van der Waals surface area contributed by atoms with Crippen molar-refractivity contribution in [3.8, 4) is 0 Å². The van der Waals surface area contributed by atoms with Crippen molar-refractivity contribution in [1.82, 2.24) is 15.2 Å². The van der Waals surface area contributed by atoms with E-state index in [0.29, 0.717) is 5.01 Å². The molecule has 0 spiro atoms. The van der Waals surface area contributed by atoms with Gasteiger partial charge in [-0.25, -0.2) is 4.98 Å². The highest BCUT2D eigenvalue weighted by Gasteiger charge is 2.20. The van der Waals surface area contributed by atoms with E-state index >= 15 is 0 Å². The standard InChI is InChI=1S/C8H9N5O2S2/c1-5-11-12-8(16-5)13-17(14,15)7-6(9)3-2-4-10-7/h2-4H,9H2,1H3,(H,12,13). The third kappa shape index (κ3) is 2.50. The molecule has 2 aromatic rings. The topological polar surface area (TPSA) is 111 Å². The van der Waals surface area contributed by atoms with Gasteiger partial charge in [-0.1, -0.05) is 11.3 Å². The molecule has 0 aromatic carbocycles. The Balaban J connectivity index is 2.35. The minimum atomic E-state index is -3.81. The molecule has 0 fully saturated rings. The predicted molar refractivity (Wildman–Crippen MR) is 64.1 cm³/mol. The third-order valence-electron chi connectivity index (χ3n) is 1.80. The molecule has 90 valence electrons. The Hall–Kier alpha value is -1.74. The second-order valence-electron chi connectivity index (χ2n) is 3.13. The number of anilines is 2. The lowest BCUT2D eigenvalue weighted by atomic mass is 10.4. The average Bonchev–Trinajstić information content (AvgIpc) is 2.63. The molecular formula is C8H9N5O2S2. The van der Waals surface area contributed by atoms with Crippen LogP contribution in [-0.2, 0) is 10.0 Å². The lowest BCUT2D eigenvalue weighted by Crippen LogP contribution is -2.16. The average molecular weight is 271 g/mol. The molecule has 9 heteroatoms. The zero-order valence-electron chi connectivity index (χ0n) is 8.78. The highest BCUT2D eigenvalue weighted by Crippen LogP contribution is 2.20. The van der Waals surface area contributed by atoms with Crippen LogP contribution >= 0.6 is 11.3 Å². The minimum absolute atomic E-state index is 0.0845. The third-order valence-corrected chi connectivity index (χ3v) is 4.00. The SMILES string of the molecule is Cc1nnc(NS(=O)(=O)c2ncccc2N)s1. The van der Waals surface area contributed by atoms with E-state index in [0.717, 1.165) is 11.3 Å². The largest absolute Gasteiger partial charge is 0.396 e. The number of pyridine rings is 1. The summed E-state index contributed by atoms with van der Waals surface area (Å²) in [5.41, 5.74) is 5.64. The van der Waals surface area contributed by atoms with Gasteiger partial charge in [0.05, 0.1) is 5.69 Å². The molecule has 2 aromatic heterocycles. The van der Waals surface area contributed by atoms with Crippen LogP contribution in [0.1, 0.15) is 5.01 Å². The summed E-state index contributed by atoms with van der Waals surface area (Å²) in [4.78, 5) is 3.73. The van der Waals surface area contributed by atoms with Gasteiger partial charge < -0.3 is 5.73 Å². The normalized spacial score (nSPS) is 11.4. The van der Waals surface area contributed by atoms with Gasteiger partial charge in [-0.05, 0) is 19.1 Å². The van der Waals surface area contributed by atoms with Crippen LogP contribution in [-0.4, -0.2) is 23.6 Å². The Morgan fingerprint density at radius 3 is 2.76 bits per heavy atom. The van der Waals surface area contributed by atoms with Crippen molar-refractivity contribution >= 4 is 32.2 Å². The van der Waals surface area contributed by atoms with Crippen molar-refractivity contribution in [2.75, 3.05) is 10.5 Å². The summed E-state index contributed by atoms with van der Waals surface area (Å²) in [6.45, 7) is 1.73. The number of hydrogen-bond donors (Lipinski definition) is 2. The maximum atomic E-state index is 11.9. The molecule has 0 unspecified atom stereocenters. The van der Waals surface area contributed by atoms with Crippen LogP contribution < -0.4 is 10.5 Å². The Morgan fingerprint density at radius 1 is 1.41 bits per heavy atom. The Labute approximate surface area is 102 Å². The van der Waals surface area contributed by atoms with Crippen molar-refractivity contribution in [3.05, 3.63) is 23.3 Å². The first kappa shape index (κ1) is 11.7. The zero-order valence-corrected chi connectivity index (χ0v) is 10.4. The smallest absolute Gasteiger partial charge is 0.283 e. The number of nitrogen functional groups attached to an aromatic ring is 1. The Morgan fingerprint density at radius 2 is 2.18 bits per heavy atom. The Bertz CT molecular complexity index is 637. The van der Waals surface area contributed by atoms with E-state index in [1.54, 1.807) is 13.0 Å². The molecule has 0 saturated carbocycles. The van der Waals surface area contributed by atoms with Crippen LogP contribution in [0.2, 0.25) is 0 Å². The van der Waals surface area contributed by atoms with Crippen molar-refractivity contribution in [1.29, 1.82) is 0 Å². The zero-order chi connectivity index (χ0) is 12.5. The van der Waals surface area contributed by atoms with Gasteiger partial charge in [0.15, 0.2) is 5.03 Å². The second-order valence-corrected chi connectivity index (χ2v) is 5.91. The maximum Gasteiger partial charge on any atom is 0.283 e. The van der Waals surface area contributed by atoms with Crippen molar-refractivity contribution in [3.63, 3.8) is 0 Å². The van der Waals surface area contributed by atoms with E-state index in [-0.39, 0.29) is 15.8 Å². The van der Waals surface area contributed by atoms with Crippen LogP contribution in [0.5, 0.6) is 0 Å². The first-order valence-corrected chi connectivity index (χ1v) is 6.82. The summed E-state index contributed by atoms with van der Waals surface area (Å²) in [5, 5.41) is 8.01. The summed E-state index contributed by atoms with van der Waals surface area (Å²) >= 11 is 1.13. The fourth-order valence-electron chi connectivity index (χ4n) is 1.13. The predicted octanol–water partition coefficient (Wildman–Crippen LogP) is 0.625. The van der Waals surface area contributed by atoms with Gasteiger partial charge in [-0.2, -0.15) is 8.42 Å². The number of aryl methyl sites for hydroxylation is 1. The van der Waals surface area contributed by atoms with Gasteiger partial charge in [0, 0.05) is 6.20 Å². The molecule has 0 bridgehead atoms. The summed E-state index contributed by atoms with van der Waals surface area (Å²) in [6.07, 6.45) is 1.36. The number of rotatable bonds is 3. The van der Waals surface area contributed by atoms with Gasteiger partial charge in [0.2, 0.25) is 5.13 Å². The summed E-state index contributed by atoms with van der Waals surface area (Å²) in [5.74, 6) is 0. The Kier molecular flexibility index (Phi) is 2.94. The number of nitrogens with two attached hydrogens (primary N) is 1. The second kappa shape index (κ2) is 4.26. The van der Waals surface area contributed by atoms with Crippen LogP contribution in [0.4, 0.5) is 10.8 Å². The molecule has 2 rings (SSSR count). The lowest BCUT2D eigenvalue weighted by molar-refractivity contribution is 0.598. The van der Waals surface area contributed by atoms with Gasteiger partial charge in [0.1, 0.15) is 5.01 Å². The van der Waals surface area contributed by atoms with E-state index in [1.807, 2.05) is 0 Å². The number of nitrogens with one attached hydrogen (secondary N) is 1. The molecule has 2 heterocycles. The van der Waals surface area contributed by atoms with Gasteiger partial charge in [-0.15, -0.1) is 10.2 Å². The van der Waals surface area contributed by atoms with Crippen molar-refractivity contribution in [2.24, 2.45) is 0 Å². The van der Waals surface area contributed by atoms with E-state index in [2.05, 4.69) is 19.9 Å². The van der Waals surface area contributed by atoms with E-state index in [9.17, 15) is 8.42 Å². The molecule has 0 radical (unpaired) electrons. The minimum Gasteiger partial charge on any atom is -0.396 e. The van der Waals surface area contributed by atoms with E-state index < -0.39 is 10.0 Å². The van der Waals surface area contributed by atoms with Crippen LogP contribution in [0.3, 0.4) is 0 Å². The highest BCUT2D eigenvalue weighted by molar-refractivity contribution is 7.93. The molecule has 7 nitrogen and oxygen atoms in total. The molecule has 3 N–H and O–H groups in total. The fourth-order valence-corrected chi connectivity index (χ4v) is 3.01. The molecule has 0 amide bonds. The molecule has 0 atom stereocenters. The van der Waals surface area contributed by atoms with E-state index in [1.165, 1.54) is 12.3 Å². The van der Waals surface area contributed by atoms with Crippen LogP contribution in [0, 0.1) is 6.92 Å². The highest BCUT2D eigenvalue weighted by atomic mass is 32.2. The summed E-state index contributed by atoms with van der Waals surface area (Å²) < 4.78 is 26.1. The van der Waals surface area contributed by atoms with Crippen molar-refractivity contribution in [2.45, 2.75) is 11.9 Å². The number of aromatic nitrogens is 3. The van der Waals surface area contributed by atoms with Gasteiger partial charge in [0.25, 0.3) is 10.0 Å². The van der Waals surface area contributed by atoms with Crippen LogP contribution in [0.15, 0.2) is 23.4 Å². The summed E-state index contributed by atoms with van der Waals surface area (Å²) in [7, 11) is -3.81. The number of nitrogens with zero attached hydrogens (tertiary/aromatic N) is 3. The molecule has 0 aliphatic heterocycles. The molecule has 17 heavy (non-hydrogen) atoms.